The number of benzene rings is 1. The third kappa shape index (κ3) is 5.12. The second-order valence-electron chi connectivity index (χ2n) is 5.40. The van der Waals surface area contributed by atoms with Crippen molar-refractivity contribution < 1.29 is 9.00 Å². The number of amides is 1. The van der Waals surface area contributed by atoms with Gasteiger partial charge in [0, 0.05) is 18.0 Å². The van der Waals surface area contributed by atoms with Crippen molar-refractivity contribution in [2.24, 2.45) is 5.73 Å². The minimum atomic E-state index is -1.30. The number of nitrogens with two attached hydrogens (primary N) is 1. The van der Waals surface area contributed by atoms with E-state index in [1.54, 1.807) is 0 Å². The van der Waals surface area contributed by atoms with Gasteiger partial charge in [-0.3, -0.25) is 9.00 Å². The second-order valence-corrected chi connectivity index (χ2v) is 6.85. The number of carbonyl (C=O) groups excluding carboxylic acids is 1. The molecule has 0 spiro atoms. The molecule has 4 nitrogen and oxygen atoms in total. The number of hydrogen-bond donors (Lipinski definition) is 2. The first-order chi connectivity index (χ1) is 8.84. The molecule has 1 atom stereocenters. The van der Waals surface area contributed by atoms with Crippen molar-refractivity contribution in [2.75, 3.05) is 18.8 Å². The highest BCUT2D eigenvalue weighted by Crippen LogP contribution is 2.22. The molecule has 0 radical (unpaired) electrons. The highest BCUT2D eigenvalue weighted by Gasteiger charge is 2.15. The Labute approximate surface area is 117 Å². The quantitative estimate of drug-likeness (QED) is 0.851. The van der Waals surface area contributed by atoms with Crippen LogP contribution in [0.2, 0.25) is 0 Å². The minimum absolute atomic E-state index is 0.0190. The summed E-state index contributed by atoms with van der Waals surface area (Å²) < 4.78 is 12.0. The third-order valence-corrected chi connectivity index (χ3v) is 4.03. The minimum Gasteiger partial charge on any atom is -0.354 e. The molecular weight excluding hydrogens is 260 g/mol. The summed E-state index contributed by atoms with van der Waals surface area (Å²) in [5.74, 6) is -0.252. The van der Waals surface area contributed by atoms with Crippen molar-refractivity contribution in [3.8, 4) is 0 Å². The molecule has 1 aromatic carbocycles. The van der Waals surface area contributed by atoms with Crippen molar-refractivity contribution >= 4 is 16.7 Å². The molecule has 0 aliphatic rings. The van der Waals surface area contributed by atoms with Gasteiger partial charge in [-0.2, -0.15) is 0 Å². The highest BCUT2D eigenvalue weighted by atomic mass is 32.2. The van der Waals surface area contributed by atoms with Crippen LogP contribution in [0.15, 0.2) is 29.2 Å². The fourth-order valence-corrected chi connectivity index (χ4v) is 2.52. The van der Waals surface area contributed by atoms with Crippen LogP contribution < -0.4 is 11.1 Å². The van der Waals surface area contributed by atoms with E-state index in [9.17, 15) is 9.00 Å². The summed E-state index contributed by atoms with van der Waals surface area (Å²) in [4.78, 5) is 12.1. The lowest BCUT2D eigenvalue weighted by Gasteiger charge is -2.19. The molecule has 1 unspecified atom stereocenters. The van der Waals surface area contributed by atoms with Crippen LogP contribution in [0.4, 0.5) is 0 Å². The number of carbonyl (C=O) groups is 1. The van der Waals surface area contributed by atoms with Crippen molar-refractivity contribution in [1.82, 2.24) is 5.32 Å². The van der Waals surface area contributed by atoms with Crippen LogP contribution >= 0.6 is 0 Å². The van der Waals surface area contributed by atoms with E-state index in [2.05, 4.69) is 26.1 Å². The van der Waals surface area contributed by atoms with Crippen LogP contribution in [0.3, 0.4) is 0 Å². The van der Waals surface area contributed by atoms with E-state index in [1.165, 1.54) is 5.56 Å². The molecule has 0 aliphatic carbocycles. The first-order valence-electron chi connectivity index (χ1n) is 6.30. The predicted molar refractivity (Wildman–Crippen MR) is 78.5 cm³/mol. The van der Waals surface area contributed by atoms with Gasteiger partial charge in [0.05, 0.1) is 10.8 Å². The van der Waals surface area contributed by atoms with E-state index in [0.29, 0.717) is 18.0 Å². The zero-order valence-electron chi connectivity index (χ0n) is 11.7. The van der Waals surface area contributed by atoms with E-state index in [1.807, 2.05) is 24.3 Å². The normalized spacial score (nSPS) is 13.1. The van der Waals surface area contributed by atoms with Gasteiger partial charge < -0.3 is 11.1 Å². The standard InChI is InChI=1S/C14H22N2O2S/c1-14(2,3)11-4-6-12(7-5-11)19(18)10-13(17)16-9-8-15/h4-7H,8-10,15H2,1-3H3,(H,16,17). The Morgan fingerprint density at radius 3 is 2.32 bits per heavy atom. The zero-order valence-corrected chi connectivity index (χ0v) is 12.5. The first-order valence-corrected chi connectivity index (χ1v) is 7.62. The highest BCUT2D eigenvalue weighted by molar-refractivity contribution is 7.85. The summed E-state index contributed by atoms with van der Waals surface area (Å²) in [6.07, 6.45) is 0. The lowest BCUT2D eigenvalue weighted by molar-refractivity contribution is -0.118. The number of hydrogen-bond acceptors (Lipinski definition) is 3. The molecule has 19 heavy (non-hydrogen) atoms. The second kappa shape index (κ2) is 6.82. The maximum absolute atomic E-state index is 12.0. The van der Waals surface area contributed by atoms with Gasteiger partial charge in [0.25, 0.3) is 0 Å². The van der Waals surface area contributed by atoms with Crippen molar-refractivity contribution in [1.29, 1.82) is 0 Å². The molecule has 0 fully saturated rings. The Morgan fingerprint density at radius 1 is 1.26 bits per heavy atom. The lowest BCUT2D eigenvalue weighted by Crippen LogP contribution is -2.32. The lowest BCUT2D eigenvalue weighted by atomic mass is 9.87. The van der Waals surface area contributed by atoms with Crippen LogP contribution in [0.25, 0.3) is 0 Å². The molecule has 106 valence electrons. The Bertz CT molecular complexity index is 450. The van der Waals surface area contributed by atoms with E-state index >= 15 is 0 Å². The summed E-state index contributed by atoms with van der Waals surface area (Å²) >= 11 is 0. The van der Waals surface area contributed by atoms with E-state index in [0.717, 1.165) is 0 Å². The predicted octanol–water partition coefficient (Wildman–Crippen LogP) is 1.17. The van der Waals surface area contributed by atoms with Gasteiger partial charge in [0.1, 0.15) is 5.75 Å². The van der Waals surface area contributed by atoms with E-state index in [4.69, 9.17) is 5.73 Å². The van der Waals surface area contributed by atoms with Gasteiger partial charge in [0.15, 0.2) is 0 Å². The molecule has 0 bridgehead atoms. The van der Waals surface area contributed by atoms with Crippen LogP contribution in [-0.4, -0.2) is 29.0 Å². The molecule has 1 rings (SSSR count). The van der Waals surface area contributed by atoms with Gasteiger partial charge in [-0.15, -0.1) is 0 Å². The third-order valence-electron chi connectivity index (χ3n) is 2.71. The van der Waals surface area contributed by atoms with Gasteiger partial charge in [-0.1, -0.05) is 32.9 Å². The summed E-state index contributed by atoms with van der Waals surface area (Å²) in [5, 5.41) is 2.61. The molecule has 1 amide bonds. The van der Waals surface area contributed by atoms with Gasteiger partial charge in [0.2, 0.25) is 5.91 Å². The maximum Gasteiger partial charge on any atom is 0.233 e. The molecule has 0 saturated carbocycles. The van der Waals surface area contributed by atoms with Crippen LogP contribution in [0, 0.1) is 0 Å². The van der Waals surface area contributed by atoms with E-state index in [-0.39, 0.29) is 17.1 Å². The summed E-state index contributed by atoms with van der Waals surface area (Å²) in [7, 11) is -1.30. The van der Waals surface area contributed by atoms with Crippen LogP contribution in [0.5, 0.6) is 0 Å². The van der Waals surface area contributed by atoms with Crippen LogP contribution in [0.1, 0.15) is 26.3 Å². The molecule has 5 heteroatoms. The zero-order chi connectivity index (χ0) is 14.5. The molecule has 0 aliphatic heterocycles. The topological polar surface area (TPSA) is 72.2 Å². The van der Waals surface area contributed by atoms with Crippen molar-refractivity contribution in [3.63, 3.8) is 0 Å². The summed E-state index contributed by atoms with van der Waals surface area (Å²) in [6, 6.07) is 7.58. The van der Waals surface area contributed by atoms with Gasteiger partial charge in [-0.05, 0) is 23.1 Å². The Balaban J connectivity index is 2.66. The van der Waals surface area contributed by atoms with Gasteiger partial charge >= 0.3 is 0 Å². The summed E-state index contributed by atoms with van der Waals surface area (Å²) in [5.41, 5.74) is 6.53. The molecule has 0 aromatic heterocycles. The molecule has 0 saturated heterocycles. The smallest absolute Gasteiger partial charge is 0.233 e. The Hall–Kier alpha value is -1.20. The Morgan fingerprint density at radius 2 is 1.84 bits per heavy atom. The fraction of sp³-hybridized carbons (Fsp3) is 0.500. The fourth-order valence-electron chi connectivity index (χ4n) is 1.57. The van der Waals surface area contributed by atoms with Crippen molar-refractivity contribution in [2.45, 2.75) is 31.1 Å². The largest absolute Gasteiger partial charge is 0.354 e. The van der Waals surface area contributed by atoms with Crippen molar-refractivity contribution in [3.05, 3.63) is 29.8 Å². The average Bonchev–Trinajstić information content (AvgIpc) is 2.35. The molecule has 0 heterocycles. The SMILES string of the molecule is CC(C)(C)c1ccc(S(=O)CC(=O)NCCN)cc1. The Kier molecular flexibility index (Phi) is 5.69. The number of rotatable bonds is 5. The average molecular weight is 282 g/mol. The summed E-state index contributed by atoms with van der Waals surface area (Å²) in [6.45, 7) is 7.18. The maximum atomic E-state index is 12.0. The van der Waals surface area contributed by atoms with E-state index < -0.39 is 10.8 Å². The van der Waals surface area contributed by atoms with Crippen LogP contribution in [-0.2, 0) is 21.0 Å². The molecular formula is C14H22N2O2S. The molecule has 1 aromatic rings. The molecule has 3 N–H and O–H groups in total. The van der Waals surface area contributed by atoms with Gasteiger partial charge in [-0.25, -0.2) is 0 Å². The number of nitrogens with one attached hydrogen (secondary N) is 1. The monoisotopic (exact) mass is 282 g/mol. The first kappa shape index (κ1) is 15.9.